The van der Waals surface area contributed by atoms with Crippen molar-refractivity contribution in [2.75, 3.05) is 13.1 Å². The van der Waals surface area contributed by atoms with Crippen molar-refractivity contribution in [1.82, 2.24) is 15.2 Å². The number of nitrogens with zero attached hydrogens (tertiary/aromatic N) is 2. The van der Waals surface area contributed by atoms with Gasteiger partial charge < -0.3 is 15.0 Å². The van der Waals surface area contributed by atoms with E-state index in [9.17, 15) is 9.59 Å². The fourth-order valence-corrected chi connectivity index (χ4v) is 2.65. The Balaban J connectivity index is 1.83. The summed E-state index contributed by atoms with van der Waals surface area (Å²) < 4.78 is 5.74. The first-order valence-corrected chi connectivity index (χ1v) is 7.77. The summed E-state index contributed by atoms with van der Waals surface area (Å²) in [7, 11) is 0. The number of carbonyl (C=O) groups excluding carboxylic acids is 2. The van der Waals surface area contributed by atoms with Crippen LogP contribution >= 0.6 is 0 Å². The number of piperazine rings is 1. The molecule has 6 nitrogen and oxygen atoms in total. The Labute approximate surface area is 140 Å². The molecular weight excluding hydrogens is 306 g/mol. The molecule has 0 radical (unpaired) electrons. The Morgan fingerprint density at radius 3 is 2.71 bits per heavy atom. The first-order valence-electron chi connectivity index (χ1n) is 7.77. The maximum atomic E-state index is 12.8. The minimum absolute atomic E-state index is 0.147. The van der Waals surface area contributed by atoms with Crippen LogP contribution in [0.5, 0.6) is 11.5 Å². The van der Waals surface area contributed by atoms with Gasteiger partial charge in [0.15, 0.2) is 0 Å². The van der Waals surface area contributed by atoms with Crippen molar-refractivity contribution in [2.24, 2.45) is 0 Å². The van der Waals surface area contributed by atoms with Crippen molar-refractivity contribution in [3.05, 3.63) is 54.4 Å². The molecule has 0 bridgehead atoms. The molecule has 0 atom stereocenters. The van der Waals surface area contributed by atoms with Gasteiger partial charge in [-0.2, -0.15) is 0 Å². The fraction of sp³-hybridized carbons (Fsp3) is 0.278. The van der Waals surface area contributed by atoms with E-state index in [1.807, 2.05) is 0 Å². The number of pyridine rings is 1. The van der Waals surface area contributed by atoms with Gasteiger partial charge in [0.1, 0.15) is 17.0 Å². The molecule has 2 amide bonds. The van der Waals surface area contributed by atoms with E-state index < -0.39 is 5.54 Å². The second-order valence-corrected chi connectivity index (χ2v) is 6.08. The molecule has 1 N–H and O–H groups in total. The highest BCUT2D eigenvalue weighted by molar-refractivity contribution is 5.99. The third-order valence-electron chi connectivity index (χ3n) is 4.06. The van der Waals surface area contributed by atoms with Crippen molar-refractivity contribution < 1.29 is 14.3 Å². The van der Waals surface area contributed by atoms with Crippen LogP contribution in [0.4, 0.5) is 0 Å². The highest BCUT2D eigenvalue weighted by Gasteiger charge is 2.40. The third-order valence-corrected chi connectivity index (χ3v) is 4.06. The Morgan fingerprint density at radius 1 is 1.21 bits per heavy atom. The highest BCUT2D eigenvalue weighted by Crippen LogP contribution is 2.25. The van der Waals surface area contributed by atoms with Crippen molar-refractivity contribution in [1.29, 1.82) is 0 Å². The van der Waals surface area contributed by atoms with E-state index in [2.05, 4.69) is 10.3 Å². The molecule has 6 heteroatoms. The zero-order chi connectivity index (χ0) is 17.2. The molecule has 1 aromatic carbocycles. The average molecular weight is 325 g/mol. The molecule has 124 valence electrons. The summed E-state index contributed by atoms with van der Waals surface area (Å²) in [6, 6.07) is 10.4. The molecule has 1 aliphatic rings. The minimum Gasteiger partial charge on any atom is -0.457 e. The summed E-state index contributed by atoms with van der Waals surface area (Å²) >= 11 is 0. The lowest BCUT2D eigenvalue weighted by molar-refractivity contribution is -0.133. The maximum absolute atomic E-state index is 12.8. The molecule has 2 heterocycles. The number of rotatable bonds is 3. The first kappa shape index (κ1) is 16.0. The molecule has 0 unspecified atom stereocenters. The SMILES string of the molecule is CC1(C)C(=O)NCCN1C(=O)c1cccc(Oc2ccncc2)c1. The van der Waals surface area contributed by atoms with E-state index in [4.69, 9.17) is 4.74 Å². The van der Waals surface area contributed by atoms with Gasteiger partial charge in [0.05, 0.1) is 0 Å². The monoisotopic (exact) mass is 325 g/mol. The van der Waals surface area contributed by atoms with E-state index in [-0.39, 0.29) is 11.8 Å². The Hall–Kier alpha value is -2.89. The van der Waals surface area contributed by atoms with Crippen LogP contribution in [-0.4, -0.2) is 40.3 Å². The topological polar surface area (TPSA) is 71.5 Å². The molecule has 0 saturated carbocycles. The fourth-order valence-electron chi connectivity index (χ4n) is 2.65. The van der Waals surface area contributed by atoms with Crippen molar-refractivity contribution in [2.45, 2.75) is 19.4 Å². The molecule has 0 spiro atoms. The van der Waals surface area contributed by atoms with Gasteiger partial charge in [-0.25, -0.2) is 0 Å². The number of nitrogens with one attached hydrogen (secondary N) is 1. The highest BCUT2D eigenvalue weighted by atomic mass is 16.5. The predicted octanol–water partition coefficient (Wildman–Crippen LogP) is 2.22. The smallest absolute Gasteiger partial charge is 0.254 e. The maximum Gasteiger partial charge on any atom is 0.254 e. The minimum atomic E-state index is -0.878. The number of hydrogen-bond acceptors (Lipinski definition) is 4. The lowest BCUT2D eigenvalue weighted by atomic mass is 9.97. The van der Waals surface area contributed by atoms with E-state index in [0.717, 1.165) is 0 Å². The lowest BCUT2D eigenvalue weighted by Gasteiger charge is -2.41. The summed E-state index contributed by atoms with van der Waals surface area (Å²) in [4.78, 5) is 30.4. The van der Waals surface area contributed by atoms with Gasteiger partial charge in [-0.3, -0.25) is 14.6 Å². The van der Waals surface area contributed by atoms with Gasteiger partial charge in [0.25, 0.3) is 5.91 Å². The first-order chi connectivity index (χ1) is 11.5. The van der Waals surface area contributed by atoms with Crippen molar-refractivity contribution in [3.63, 3.8) is 0 Å². The predicted molar refractivity (Wildman–Crippen MR) is 88.9 cm³/mol. The zero-order valence-electron chi connectivity index (χ0n) is 13.7. The number of aromatic nitrogens is 1. The normalized spacial score (nSPS) is 16.4. The summed E-state index contributed by atoms with van der Waals surface area (Å²) in [6.07, 6.45) is 3.28. The molecule has 1 aromatic heterocycles. The molecule has 3 rings (SSSR count). The standard InChI is InChI=1S/C18H19N3O3/c1-18(2)17(23)20-10-11-21(18)16(22)13-4-3-5-15(12-13)24-14-6-8-19-9-7-14/h3-9,12H,10-11H2,1-2H3,(H,20,23). The molecule has 0 aliphatic carbocycles. The number of carbonyl (C=O) groups is 2. The second kappa shape index (κ2) is 6.31. The van der Waals surface area contributed by atoms with Crippen LogP contribution in [-0.2, 0) is 4.79 Å². The average Bonchev–Trinajstić information content (AvgIpc) is 2.58. The Kier molecular flexibility index (Phi) is 4.20. The molecule has 1 saturated heterocycles. The summed E-state index contributed by atoms with van der Waals surface area (Å²) in [5.74, 6) is 0.875. The van der Waals surface area contributed by atoms with Gasteiger partial charge in [0, 0.05) is 31.0 Å². The Bertz CT molecular complexity index is 759. The number of hydrogen-bond donors (Lipinski definition) is 1. The van der Waals surface area contributed by atoms with Crippen molar-refractivity contribution in [3.8, 4) is 11.5 Å². The summed E-state index contributed by atoms with van der Waals surface area (Å²) in [5.41, 5.74) is -0.388. The second-order valence-electron chi connectivity index (χ2n) is 6.08. The van der Waals surface area contributed by atoms with Gasteiger partial charge >= 0.3 is 0 Å². The van der Waals surface area contributed by atoms with Crippen LogP contribution in [0.3, 0.4) is 0 Å². The van der Waals surface area contributed by atoms with Crippen LogP contribution < -0.4 is 10.1 Å². The van der Waals surface area contributed by atoms with Crippen LogP contribution in [0.15, 0.2) is 48.8 Å². The van der Waals surface area contributed by atoms with Crippen LogP contribution in [0.2, 0.25) is 0 Å². The lowest BCUT2D eigenvalue weighted by Crippen LogP contribution is -2.63. The molecule has 2 aromatic rings. The molecule has 24 heavy (non-hydrogen) atoms. The zero-order valence-corrected chi connectivity index (χ0v) is 13.7. The molecular formula is C18H19N3O3. The Morgan fingerprint density at radius 2 is 1.96 bits per heavy atom. The van der Waals surface area contributed by atoms with E-state index in [1.54, 1.807) is 67.5 Å². The van der Waals surface area contributed by atoms with Gasteiger partial charge in [-0.05, 0) is 44.2 Å². The quantitative estimate of drug-likeness (QED) is 0.939. The van der Waals surface area contributed by atoms with E-state index >= 15 is 0 Å². The van der Waals surface area contributed by atoms with Crippen molar-refractivity contribution >= 4 is 11.8 Å². The largest absolute Gasteiger partial charge is 0.457 e. The molecule has 1 aliphatic heterocycles. The summed E-state index contributed by atoms with van der Waals surface area (Å²) in [5, 5.41) is 2.79. The van der Waals surface area contributed by atoms with Gasteiger partial charge in [-0.15, -0.1) is 0 Å². The number of amides is 2. The third kappa shape index (κ3) is 3.08. The summed E-state index contributed by atoms with van der Waals surface area (Å²) in [6.45, 7) is 4.43. The van der Waals surface area contributed by atoms with Gasteiger partial charge in [-0.1, -0.05) is 6.07 Å². The van der Waals surface area contributed by atoms with Crippen LogP contribution in [0.25, 0.3) is 0 Å². The van der Waals surface area contributed by atoms with Gasteiger partial charge in [0.2, 0.25) is 5.91 Å². The van der Waals surface area contributed by atoms with E-state index in [1.165, 1.54) is 0 Å². The van der Waals surface area contributed by atoms with Crippen LogP contribution in [0, 0.1) is 0 Å². The van der Waals surface area contributed by atoms with Crippen LogP contribution in [0.1, 0.15) is 24.2 Å². The molecule has 1 fully saturated rings. The number of benzene rings is 1. The number of ether oxygens (including phenoxy) is 1. The van der Waals surface area contributed by atoms with E-state index in [0.29, 0.717) is 30.2 Å².